The van der Waals surface area contributed by atoms with E-state index in [4.69, 9.17) is 5.73 Å². The van der Waals surface area contributed by atoms with Crippen molar-refractivity contribution in [3.63, 3.8) is 0 Å². The maximum Gasteiger partial charge on any atom is 0.00443 e. The maximum atomic E-state index is 5.93. The summed E-state index contributed by atoms with van der Waals surface area (Å²) in [7, 11) is 0. The van der Waals surface area contributed by atoms with Gasteiger partial charge in [-0.1, -0.05) is 27.7 Å². The van der Waals surface area contributed by atoms with Gasteiger partial charge >= 0.3 is 0 Å². The summed E-state index contributed by atoms with van der Waals surface area (Å²) in [5.41, 5.74) is 6.83. The van der Waals surface area contributed by atoms with Gasteiger partial charge in [0.25, 0.3) is 0 Å². The van der Waals surface area contributed by atoms with Gasteiger partial charge in [-0.15, -0.1) is 0 Å². The first-order chi connectivity index (χ1) is 4.85. The van der Waals surface area contributed by atoms with E-state index in [0.29, 0.717) is 16.9 Å². The first-order valence-electron chi connectivity index (χ1n) is 4.61. The van der Waals surface area contributed by atoms with Crippen molar-refractivity contribution >= 4 is 0 Å². The molecule has 1 heteroatoms. The van der Waals surface area contributed by atoms with Crippen LogP contribution >= 0.6 is 0 Å². The number of hydrogen-bond donors (Lipinski definition) is 1. The molecule has 0 radical (unpaired) electrons. The van der Waals surface area contributed by atoms with Gasteiger partial charge in [0.15, 0.2) is 0 Å². The summed E-state index contributed by atoms with van der Waals surface area (Å²) >= 11 is 0. The van der Waals surface area contributed by atoms with Gasteiger partial charge in [-0.2, -0.15) is 0 Å². The normalized spacial score (nSPS) is 35.2. The molecule has 1 aliphatic rings. The molecule has 0 heterocycles. The summed E-state index contributed by atoms with van der Waals surface area (Å²) < 4.78 is 0. The van der Waals surface area contributed by atoms with Crippen molar-refractivity contribution in [2.45, 2.75) is 53.0 Å². The van der Waals surface area contributed by atoms with Gasteiger partial charge < -0.3 is 5.73 Å². The van der Waals surface area contributed by atoms with Gasteiger partial charge in [-0.05, 0) is 30.1 Å². The van der Waals surface area contributed by atoms with Crippen LogP contribution in [0.25, 0.3) is 0 Å². The van der Waals surface area contributed by atoms with Crippen molar-refractivity contribution in [2.24, 2.45) is 16.6 Å². The van der Waals surface area contributed by atoms with Gasteiger partial charge in [0.1, 0.15) is 0 Å². The molecule has 66 valence electrons. The fourth-order valence-electron chi connectivity index (χ4n) is 1.92. The molecule has 1 fully saturated rings. The molecule has 1 saturated carbocycles. The Morgan fingerprint density at radius 2 is 1.64 bits per heavy atom. The molecule has 0 bridgehead atoms. The predicted molar refractivity (Wildman–Crippen MR) is 49.4 cm³/mol. The molecule has 2 N–H and O–H groups in total. The third-order valence-corrected chi connectivity index (χ3v) is 3.74. The average molecular weight is 155 g/mol. The van der Waals surface area contributed by atoms with Crippen molar-refractivity contribution in [1.29, 1.82) is 0 Å². The lowest BCUT2D eigenvalue weighted by atomic mass is 9.59. The van der Waals surface area contributed by atoms with Crippen LogP contribution < -0.4 is 5.73 Å². The summed E-state index contributed by atoms with van der Waals surface area (Å²) in [6, 6.07) is 0.443. The highest BCUT2D eigenvalue weighted by atomic mass is 14.7. The van der Waals surface area contributed by atoms with E-state index in [0.717, 1.165) is 0 Å². The van der Waals surface area contributed by atoms with Crippen LogP contribution in [0.4, 0.5) is 0 Å². The predicted octanol–water partition coefficient (Wildman–Crippen LogP) is 2.55. The highest BCUT2D eigenvalue weighted by Gasteiger charge is 2.41. The second-order valence-electron chi connectivity index (χ2n) is 5.27. The van der Waals surface area contributed by atoms with E-state index >= 15 is 0 Å². The zero-order chi connectivity index (χ0) is 8.70. The van der Waals surface area contributed by atoms with E-state index in [1.165, 1.54) is 19.3 Å². The van der Waals surface area contributed by atoms with Gasteiger partial charge in [0, 0.05) is 6.04 Å². The van der Waals surface area contributed by atoms with Crippen LogP contribution in [0.5, 0.6) is 0 Å². The number of rotatable bonds is 0. The van der Waals surface area contributed by atoms with Crippen LogP contribution in [-0.4, -0.2) is 6.04 Å². The van der Waals surface area contributed by atoms with Gasteiger partial charge in [-0.3, -0.25) is 0 Å². The minimum atomic E-state index is 0.421. The molecule has 0 aromatic rings. The second-order valence-corrected chi connectivity index (χ2v) is 5.27. The SMILES string of the molecule is CC1(C)CCC(N)CC1(C)C. The lowest BCUT2D eigenvalue weighted by Crippen LogP contribution is -2.43. The van der Waals surface area contributed by atoms with Crippen LogP contribution in [0.15, 0.2) is 0 Å². The lowest BCUT2D eigenvalue weighted by Gasteiger charge is -2.48. The standard InChI is InChI=1S/C10H21N/c1-9(2)6-5-8(11)7-10(9,3)4/h8H,5-7,11H2,1-4H3. The van der Waals surface area contributed by atoms with Crippen molar-refractivity contribution in [3.05, 3.63) is 0 Å². The first-order valence-corrected chi connectivity index (χ1v) is 4.61. The quantitative estimate of drug-likeness (QED) is 0.571. The summed E-state index contributed by atoms with van der Waals surface area (Å²) in [5, 5.41) is 0. The van der Waals surface area contributed by atoms with E-state index in [1.807, 2.05) is 0 Å². The maximum absolute atomic E-state index is 5.93. The van der Waals surface area contributed by atoms with E-state index in [9.17, 15) is 0 Å². The number of hydrogen-bond acceptors (Lipinski definition) is 1. The Bertz CT molecular complexity index is 147. The van der Waals surface area contributed by atoms with E-state index in [1.54, 1.807) is 0 Å². The summed E-state index contributed by atoms with van der Waals surface area (Å²) in [6.45, 7) is 9.40. The smallest absolute Gasteiger partial charge is 0.00443 e. The van der Waals surface area contributed by atoms with Crippen molar-refractivity contribution in [1.82, 2.24) is 0 Å². The van der Waals surface area contributed by atoms with Crippen LogP contribution in [0.1, 0.15) is 47.0 Å². The highest BCUT2D eigenvalue weighted by Crippen LogP contribution is 2.49. The third-order valence-electron chi connectivity index (χ3n) is 3.74. The summed E-state index contributed by atoms with van der Waals surface area (Å²) in [6.07, 6.45) is 3.66. The molecule has 0 saturated heterocycles. The Balaban J connectivity index is 2.72. The van der Waals surface area contributed by atoms with Crippen molar-refractivity contribution in [2.75, 3.05) is 0 Å². The second kappa shape index (κ2) is 2.48. The molecule has 1 aliphatic carbocycles. The van der Waals surface area contributed by atoms with Crippen LogP contribution in [0.2, 0.25) is 0 Å². The molecule has 0 amide bonds. The van der Waals surface area contributed by atoms with Gasteiger partial charge in [-0.25, -0.2) is 0 Å². The molecular formula is C10H21N. The molecular weight excluding hydrogens is 134 g/mol. The highest BCUT2D eigenvalue weighted by molar-refractivity contribution is 4.93. The van der Waals surface area contributed by atoms with Gasteiger partial charge in [0.2, 0.25) is 0 Å². The molecule has 1 atom stereocenters. The zero-order valence-electron chi connectivity index (χ0n) is 8.28. The Morgan fingerprint density at radius 1 is 1.09 bits per heavy atom. The Kier molecular flexibility index (Phi) is 2.04. The first kappa shape index (κ1) is 9.05. The van der Waals surface area contributed by atoms with Crippen molar-refractivity contribution in [3.8, 4) is 0 Å². The fraction of sp³-hybridized carbons (Fsp3) is 1.00. The Morgan fingerprint density at radius 3 is 2.00 bits per heavy atom. The number of nitrogens with two attached hydrogens (primary N) is 1. The Labute approximate surface area is 70.4 Å². The zero-order valence-corrected chi connectivity index (χ0v) is 8.28. The van der Waals surface area contributed by atoms with Crippen LogP contribution in [0.3, 0.4) is 0 Å². The lowest BCUT2D eigenvalue weighted by molar-refractivity contribution is 0.0414. The van der Waals surface area contributed by atoms with Crippen LogP contribution in [-0.2, 0) is 0 Å². The summed E-state index contributed by atoms with van der Waals surface area (Å²) in [4.78, 5) is 0. The Hall–Kier alpha value is -0.0400. The third kappa shape index (κ3) is 1.58. The fourth-order valence-corrected chi connectivity index (χ4v) is 1.92. The average Bonchev–Trinajstić information content (AvgIpc) is 1.80. The molecule has 11 heavy (non-hydrogen) atoms. The minimum Gasteiger partial charge on any atom is -0.328 e. The summed E-state index contributed by atoms with van der Waals surface area (Å²) in [5.74, 6) is 0. The molecule has 1 unspecified atom stereocenters. The van der Waals surface area contributed by atoms with E-state index in [2.05, 4.69) is 27.7 Å². The van der Waals surface area contributed by atoms with Gasteiger partial charge in [0.05, 0.1) is 0 Å². The van der Waals surface area contributed by atoms with Crippen LogP contribution in [0, 0.1) is 10.8 Å². The van der Waals surface area contributed by atoms with E-state index < -0.39 is 0 Å². The largest absolute Gasteiger partial charge is 0.328 e. The molecule has 0 aromatic heterocycles. The molecule has 1 nitrogen and oxygen atoms in total. The topological polar surface area (TPSA) is 26.0 Å². The van der Waals surface area contributed by atoms with E-state index in [-0.39, 0.29) is 0 Å². The monoisotopic (exact) mass is 155 g/mol. The molecule has 0 aromatic carbocycles. The molecule has 0 spiro atoms. The minimum absolute atomic E-state index is 0.421. The van der Waals surface area contributed by atoms with Crippen molar-refractivity contribution < 1.29 is 0 Å². The molecule has 1 rings (SSSR count). The molecule has 0 aliphatic heterocycles.